The van der Waals surface area contributed by atoms with Crippen LogP contribution in [0.5, 0.6) is 0 Å². The van der Waals surface area contributed by atoms with Crippen molar-refractivity contribution < 1.29 is 4.79 Å². The van der Waals surface area contributed by atoms with Crippen LogP contribution in [0.25, 0.3) is 0 Å². The molecule has 0 aromatic carbocycles. The summed E-state index contributed by atoms with van der Waals surface area (Å²) in [5.74, 6) is 2.01. The van der Waals surface area contributed by atoms with Crippen LogP contribution >= 0.6 is 0 Å². The minimum Gasteiger partial charge on any atom is -0.331 e. The lowest BCUT2D eigenvalue weighted by atomic mass is 10.0. The summed E-state index contributed by atoms with van der Waals surface area (Å²) in [4.78, 5) is 13.2. The summed E-state index contributed by atoms with van der Waals surface area (Å²) in [6, 6.07) is -0.00221. The lowest BCUT2D eigenvalue weighted by molar-refractivity contribution is 0.219. The fourth-order valence-corrected chi connectivity index (χ4v) is 2.68. The highest BCUT2D eigenvalue weighted by molar-refractivity contribution is 5.75. The van der Waals surface area contributed by atoms with E-state index in [0.717, 1.165) is 30.4 Å². The Labute approximate surface area is 104 Å². The van der Waals surface area contributed by atoms with Crippen LogP contribution in [0.1, 0.15) is 44.9 Å². The van der Waals surface area contributed by atoms with Crippen molar-refractivity contribution in [3.8, 4) is 0 Å². The summed E-state index contributed by atoms with van der Waals surface area (Å²) in [7, 11) is 3.57. The lowest BCUT2D eigenvalue weighted by Gasteiger charge is -2.15. The molecule has 1 saturated carbocycles. The number of nitrogens with zero attached hydrogens (tertiary/aromatic N) is 1. The van der Waals surface area contributed by atoms with Gasteiger partial charge < -0.3 is 10.2 Å². The maximum atomic E-state index is 11.6. The van der Waals surface area contributed by atoms with Gasteiger partial charge in [-0.1, -0.05) is 18.9 Å². The van der Waals surface area contributed by atoms with E-state index in [0.29, 0.717) is 0 Å². The predicted octanol–water partition coefficient (Wildman–Crippen LogP) is 3.13. The van der Waals surface area contributed by atoms with Crippen LogP contribution in [0.3, 0.4) is 0 Å². The number of rotatable bonds is 1. The fraction of sp³-hybridized carbons (Fsp3) is 0.786. The van der Waals surface area contributed by atoms with Gasteiger partial charge in [0, 0.05) is 19.8 Å². The SMILES string of the molecule is CN(C)C(=O)N/C1=C/CCC2CC2CCCC1. The second-order valence-electron chi connectivity index (χ2n) is 5.63. The van der Waals surface area contributed by atoms with Gasteiger partial charge >= 0.3 is 6.03 Å². The first-order valence-corrected chi connectivity index (χ1v) is 6.84. The average molecular weight is 236 g/mol. The maximum Gasteiger partial charge on any atom is 0.321 e. The molecule has 0 radical (unpaired) electrons. The van der Waals surface area contributed by atoms with Crippen molar-refractivity contribution in [3.05, 3.63) is 11.8 Å². The molecule has 0 aromatic rings. The van der Waals surface area contributed by atoms with Crippen LogP contribution in [0.4, 0.5) is 4.79 Å². The lowest BCUT2D eigenvalue weighted by Crippen LogP contribution is -2.34. The molecule has 17 heavy (non-hydrogen) atoms. The monoisotopic (exact) mass is 236 g/mol. The van der Waals surface area contributed by atoms with E-state index in [1.54, 1.807) is 19.0 Å². The van der Waals surface area contributed by atoms with Crippen LogP contribution in [-0.2, 0) is 0 Å². The quantitative estimate of drug-likeness (QED) is 0.745. The summed E-state index contributed by atoms with van der Waals surface area (Å²) in [5, 5.41) is 3.01. The highest BCUT2D eigenvalue weighted by Crippen LogP contribution is 2.45. The Bertz CT molecular complexity index is 309. The standard InChI is InChI=1S/C14H24N2O/c1-16(2)14(17)15-13-8-4-3-6-11-10-12(11)7-5-9-13/h9,11-12H,3-8,10H2,1-2H3,(H,15,17)/b13-9+. The zero-order valence-corrected chi connectivity index (χ0v) is 11.0. The Morgan fingerprint density at radius 3 is 2.82 bits per heavy atom. The molecule has 0 aliphatic heterocycles. The van der Waals surface area contributed by atoms with Gasteiger partial charge in [0.2, 0.25) is 0 Å². The van der Waals surface area contributed by atoms with Gasteiger partial charge in [-0.3, -0.25) is 0 Å². The number of nitrogens with one attached hydrogen (secondary N) is 1. The number of hydrogen-bond acceptors (Lipinski definition) is 1. The molecule has 1 fully saturated rings. The predicted molar refractivity (Wildman–Crippen MR) is 69.6 cm³/mol. The molecule has 2 amide bonds. The number of carbonyl (C=O) groups excluding carboxylic acids is 1. The molecule has 96 valence electrons. The Hall–Kier alpha value is -0.990. The van der Waals surface area contributed by atoms with E-state index in [2.05, 4.69) is 11.4 Å². The second-order valence-corrected chi connectivity index (χ2v) is 5.63. The first kappa shape index (κ1) is 12.5. The average Bonchev–Trinajstić information content (AvgIpc) is 3.03. The van der Waals surface area contributed by atoms with E-state index in [1.165, 1.54) is 32.1 Å². The third kappa shape index (κ3) is 3.76. The topological polar surface area (TPSA) is 32.3 Å². The van der Waals surface area contributed by atoms with Gasteiger partial charge in [0.15, 0.2) is 0 Å². The summed E-state index contributed by atoms with van der Waals surface area (Å²) in [6.07, 6.45) is 11.1. The van der Waals surface area contributed by atoms with Crippen molar-refractivity contribution in [3.63, 3.8) is 0 Å². The summed E-state index contributed by atoms with van der Waals surface area (Å²) >= 11 is 0. The van der Waals surface area contributed by atoms with Crippen molar-refractivity contribution in [1.29, 1.82) is 0 Å². The minimum absolute atomic E-state index is 0.00221. The maximum absolute atomic E-state index is 11.6. The fourth-order valence-electron chi connectivity index (χ4n) is 2.68. The van der Waals surface area contributed by atoms with Crippen molar-refractivity contribution >= 4 is 6.03 Å². The van der Waals surface area contributed by atoms with Crippen molar-refractivity contribution in [2.45, 2.75) is 44.9 Å². The van der Waals surface area contributed by atoms with E-state index in [9.17, 15) is 4.79 Å². The zero-order chi connectivity index (χ0) is 12.3. The van der Waals surface area contributed by atoms with E-state index in [-0.39, 0.29) is 6.03 Å². The molecule has 3 nitrogen and oxygen atoms in total. The van der Waals surface area contributed by atoms with Crippen molar-refractivity contribution in [2.75, 3.05) is 14.1 Å². The van der Waals surface area contributed by atoms with Gasteiger partial charge in [-0.2, -0.15) is 0 Å². The largest absolute Gasteiger partial charge is 0.331 e. The smallest absolute Gasteiger partial charge is 0.321 e. The summed E-state index contributed by atoms with van der Waals surface area (Å²) in [6.45, 7) is 0. The van der Waals surface area contributed by atoms with Crippen molar-refractivity contribution in [1.82, 2.24) is 10.2 Å². The minimum atomic E-state index is -0.00221. The third-order valence-electron chi connectivity index (χ3n) is 3.94. The van der Waals surface area contributed by atoms with Gasteiger partial charge in [-0.25, -0.2) is 4.79 Å². The third-order valence-corrected chi connectivity index (χ3v) is 3.94. The number of carbonyl (C=O) groups is 1. The Kier molecular flexibility index (Phi) is 4.08. The van der Waals surface area contributed by atoms with Crippen LogP contribution in [0, 0.1) is 11.8 Å². The van der Waals surface area contributed by atoms with Gasteiger partial charge in [0.25, 0.3) is 0 Å². The molecule has 0 aromatic heterocycles. The first-order valence-electron chi connectivity index (χ1n) is 6.84. The normalized spacial score (nSPS) is 31.8. The van der Waals surface area contributed by atoms with Gasteiger partial charge in [-0.15, -0.1) is 0 Å². The molecule has 0 bridgehead atoms. The number of urea groups is 1. The molecule has 0 spiro atoms. The molecule has 2 aliphatic carbocycles. The molecule has 2 aliphatic rings. The second kappa shape index (κ2) is 5.56. The Morgan fingerprint density at radius 1 is 1.29 bits per heavy atom. The molecule has 2 unspecified atom stereocenters. The summed E-state index contributed by atoms with van der Waals surface area (Å²) in [5.41, 5.74) is 1.13. The van der Waals surface area contributed by atoms with E-state index < -0.39 is 0 Å². The highest BCUT2D eigenvalue weighted by atomic mass is 16.2. The molecule has 2 rings (SSSR count). The Morgan fingerprint density at radius 2 is 2.06 bits per heavy atom. The van der Waals surface area contributed by atoms with Gasteiger partial charge in [0.1, 0.15) is 0 Å². The van der Waals surface area contributed by atoms with E-state index in [4.69, 9.17) is 0 Å². The number of amides is 2. The molecule has 1 N–H and O–H groups in total. The molecule has 0 saturated heterocycles. The number of fused-ring (bicyclic) bond motifs is 1. The highest BCUT2D eigenvalue weighted by Gasteiger charge is 2.35. The summed E-state index contributed by atoms with van der Waals surface area (Å²) < 4.78 is 0. The van der Waals surface area contributed by atoms with E-state index >= 15 is 0 Å². The van der Waals surface area contributed by atoms with Crippen LogP contribution < -0.4 is 5.32 Å². The van der Waals surface area contributed by atoms with E-state index in [1.807, 2.05) is 0 Å². The Balaban J connectivity index is 1.87. The number of allylic oxidation sites excluding steroid dienone is 2. The molecule has 0 heterocycles. The first-order chi connectivity index (χ1) is 8.16. The number of hydrogen-bond donors (Lipinski definition) is 1. The zero-order valence-electron chi connectivity index (χ0n) is 11.0. The van der Waals surface area contributed by atoms with Crippen LogP contribution in [-0.4, -0.2) is 25.0 Å². The molecule has 3 heteroatoms. The molecule has 2 atom stereocenters. The van der Waals surface area contributed by atoms with Crippen molar-refractivity contribution in [2.24, 2.45) is 11.8 Å². The van der Waals surface area contributed by atoms with Crippen LogP contribution in [0.2, 0.25) is 0 Å². The molecular formula is C14H24N2O. The van der Waals surface area contributed by atoms with Gasteiger partial charge in [-0.05, 0) is 43.9 Å². The molecular weight excluding hydrogens is 212 g/mol. The van der Waals surface area contributed by atoms with Gasteiger partial charge in [0.05, 0.1) is 0 Å². The van der Waals surface area contributed by atoms with Crippen LogP contribution in [0.15, 0.2) is 11.8 Å².